The van der Waals surface area contributed by atoms with Crippen molar-refractivity contribution in [3.8, 4) is 0 Å². The van der Waals surface area contributed by atoms with E-state index in [-0.39, 0.29) is 63.4 Å². The number of hydrogen-bond donors (Lipinski definition) is 7. The van der Waals surface area contributed by atoms with Crippen LogP contribution in [0.3, 0.4) is 0 Å². The van der Waals surface area contributed by atoms with Gasteiger partial charge >= 0.3 is 12.1 Å². The highest BCUT2D eigenvalue weighted by Gasteiger charge is 2.50. The fourth-order valence-corrected chi connectivity index (χ4v) is 8.08. The molecule has 1 heterocycles. The zero-order valence-corrected chi connectivity index (χ0v) is 45.0. The molecule has 1 saturated heterocycles. The zero-order chi connectivity index (χ0) is 58.0. The highest BCUT2D eigenvalue weighted by atomic mass is 16.7. The molecule has 0 spiro atoms. The fourth-order valence-electron chi connectivity index (χ4n) is 8.08. The minimum Gasteiger partial charge on any atom is -0.469 e. The Morgan fingerprint density at radius 1 is 0.738 bits per heavy atom. The van der Waals surface area contributed by atoms with Crippen molar-refractivity contribution in [1.29, 1.82) is 0 Å². The number of ether oxygens (including phenoxy) is 7. The molecule has 5 rings (SSSR count). The van der Waals surface area contributed by atoms with Gasteiger partial charge in [0.15, 0.2) is 23.3 Å². The van der Waals surface area contributed by atoms with Crippen LogP contribution in [0, 0.1) is 10.1 Å². The third-order valence-electron chi connectivity index (χ3n) is 11.9. The predicted molar refractivity (Wildman–Crippen MR) is 287 cm³/mol. The standard InChI is InChI=1S/C55H71N9O16/c1-55(2,3)80-54(71)63(64(72)73)42(26-17-27-58-53(56)57)51(70)59-29-44(66)60-40(28-45(67)74-4)49(68)61-41(30-65)50(69)62-46-48(77-33-38-22-13-7-14-23-38)47(76-32-37-20-11-6-12-21-37)43(35-75-31-36-18-9-5-10-19-36)79-52(46)78-34-39-24-15-8-16-25-39/h5-16,18-25,40-43,46-48,52,65H,17,26-35H2,1-4H3,(H,59,70)(H,60,66)(H,61,68)(H,62,69)(H4,56,57,58)/t40-,41-,42-,43+,46+,47+,48+,52+/m0/s1. The Labute approximate surface area is 463 Å². The van der Waals surface area contributed by atoms with Gasteiger partial charge in [0.25, 0.3) is 0 Å². The summed E-state index contributed by atoms with van der Waals surface area (Å²) in [4.78, 5) is 97.4. The molecule has 25 nitrogen and oxygen atoms in total. The lowest BCUT2D eigenvalue weighted by Gasteiger charge is -2.46. The quantitative estimate of drug-likeness (QED) is 0.00983. The van der Waals surface area contributed by atoms with Crippen molar-refractivity contribution in [2.45, 2.75) is 121 Å². The molecular formula is C55H71N9O16. The van der Waals surface area contributed by atoms with Crippen LogP contribution in [0.4, 0.5) is 4.79 Å². The van der Waals surface area contributed by atoms with E-state index in [0.717, 1.165) is 29.4 Å². The number of benzene rings is 4. The van der Waals surface area contributed by atoms with Crippen molar-refractivity contribution in [2.75, 3.05) is 33.4 Å². The molecule has 0 aromatic heterocycles. The second kappa shape index (κ2) is 32.1. The number of nitrogens with zero attached hydrogens (tertiary/aromatic N) is 3. The normalized spacial score (nSPS) is 18.0. The van der Waals surface area contributed by atoms with Gasteiger partial charge in [0.05, 0.1) is 59.7 Å². The summed E-state index contributed by atoms with van der Waals surface area (Å²) in [6.45, 7) is 2.66. The number of nitro groups is 1. The number of carbonyl (C=O) groups is 6. The van der Waals surface area contributed by atoms with E-state index in [4.69, 9.17) is 44.6 Å². The molecule has 8 atom stereocenters. The Morgan fingerprint density at radius 2 is 1.26 bits per heavy atom. The Kier molecular flexibility index (Phi) is 25.2. The molecule has 4 aromatic carbocycles. The van der Waals surface area contributed by atoms with Gasteiger partial charge in [-0.3, -0.25) is 29.0 Å². The number of nitrogens with two attached hydrogens (primary N) is 2. The molecule has 0 bridgehead atoms. The van der Waals surface area contributed by atoms with E-state index in [1.54, 1.807) is 0 Å². The predicted octanol–water partition coefficient (Wildman–Crippen LogP) is 2.29. The van der Waals surface area contributed by atoms with Gasteiger partial charge < -0.3 is 71.0 Å². The van der Waals surface area contributed by atoms with E-state index in [1.807, 2.05) is 121 Å². The molecule has 432 valence electrons. The van der Waals surface area contributed by atoms with Crippen molar-refractivity contribution in [1.82, 2.24) is 26.3 Å². The number of amides is 5. The van der Waals surface area contributed by atoms with Gasteiger partial charge in [-0.1, -0.05) is 121 Å². The average molecular weight is 1110 g/mol. The summed E-state index contributed by atoms with van der Waals surface area (Å²) in [5, 5.41) is 31.5. The summed E-state index contributed by atoms with van der Waals surface area (Å²) in [5.41, 5.74) is 12.8. The Balaban J connectivity index is 1.40. The van der Waals surface area contributed by atoms with E-state index in [9.17, 15) is 44.0 Å². The first-order valence-electron chi connectivity index (χ1n) is 25.7. The summed E-state index contributed by atoms with van der Waals surface area (Å²) in [5.74, 6) is -5.69. The van der Waals surface area contributed by atoms with Crippen LogP contribution in [0.1, 0.15) is 62.3 Å². The maximum atomic E-state index is 14.6. The highest BCUT2D eigenvalue weighted by Crippen LogP contribution is 2.30. The Bertz CT molecular complexity index is 2630. The second-order valence-corrected chi connectivity index (χ2v) is 19.3. The maximum Gasteiger partial charge on any atom is 0.469 e. The van der Waals surface area contributed by atoms with Crippen LogP contribution in [0.5, 0.6) is 0 Å². The molecule has 80 heavy (non-hydrogen) atoms. The molecule has 1 aliphatic heterocycles. The maximum absolute atomic E-state index is 14.6. The van der Waals surface area contributed by atoms with Gasteiger partial charge in [0.1, 0.15) is 42.0 Å². The summed E-state index contributed by atoms with van der Waals surface area (Å²) in [7, 11) is 1.03. The molecule has 1 aliphatic rings. The average Bonchev–Trinajstić information content (AvgIpc) is 3.45. The number of aliphatic hydroxyl groups excluding tert-OH is 1. The molecule has 25 heteroatoms. The number of guanidine groups is 1. The molecule has 0 radical (unpaired) electrons. The molecule has 9 N–H and O–H groups in total. The Morgan fingerprint density at radius 3 is 1.76 bits per heavy atom. The van der Waals surface area contributed by atoms with Gasteiger partial charge in [-0.15, -0.1) is 0 Å². The van der Waals surface area contributed by atoms with Crippen molar-refractivity contribution in [3.05, 3.63) is 154 Å². The molecule has 4 aromatic rings. The molecule has 0 saturated carbocycles. The third-order valence-corrected chi connectivity index (χ3v) is 11.9. The summed E-state index contributed by atoms with van der Waals surface area (Å²) >= 11 is 0. The van der Waals surface area contributed by atoms with Crippen LogP contribution in [0.2, 0.25) is 0 Å². The van der Waals surface area contributed by atoms with Gasteiger partial charge in [-0.2, -0.15) is 0 Å². The number of methoxy groups -OCH3 is 1. The molecule has 1 fully saturated rings. The summed E-state index contributed by atoms with van der Waals surface area (Å²) in [6, 6.07) is 30.7. The van der Waals surface area contributed by atoms with Crippen molar-refractivity contribution in [2.24, 2.45) is 16.5 Å². The van der Waals surface area contributed by atoms with E-state index in [1.165, 1.54) is 20.8 Å². The Hall–Kier alpha value is -8.07. The monoisotopic (exact) mass is 1110 g/mol. The lowest BCUT2D eigenvalue weighted by atomic mass is 9.95. The minimum atomic E-state index is -1.86. The largest absolute Gasteiger partial charge is 0.469 e. The van der Waals surface area contributed by atoms with Crippen LogP contribution in [-0.2, 0) is 83.6 Å². The van der Waals surface area contributed by atoms with E-state index < -0.39 is 115 Å². The minimum absolute atomic E-state index is 0.00372. The van der Waals surface area contributed by atoms with Crippen LogP contribution >= 0.6 is 0 Å². The lowest BCUT2D eigenvalue weighted by molar-refractivity contribution is -0.641. The van der Waals surface area contributed by atoms with Crippen LogP contribution in [0.15, 0.2) is 126 Å². The first-order valence-corrected chi connectivity index (χ1v) is 25.7. The second-order valence-electron chi connectivity index (χ2n) is 19.3. The molecule has 5 amide bonds. The van der Waals surface area contributed by atoms with Crippen LogP contribution in [0.25, 0.3) is 0 Å². The first-order chi connectivity index (χ1) is 38.3. The van der Waals surface area contributed by atoms with E-state index >= 15 is 0 Å². The number of nitrogens with one attached hydrogen (secondary N) is 4. The van der Waals surface area contributed by atoms with E-state index in [2.05, 4.69) is 26.3 Å². The summed E-state index contributed by atoms with van der Waals surface area (Å²) < 4.78 is 42.7. The molecule has 0 aliphatic carbocycles. The van der Waals surface area contributed by atoms with Crippen LogP contribution < -0.4 is 32.7 Å². The van der Waals surface area contributed by atoms with Crippen molar-refractivity contribution < 1.29 is 72.1 Å². The van der Waals surface area contributed by atoms with Gasteiger partial charge in [-0.25, -0.2) is 14.9 Å². The number of esters is 1. The van der Waals surface area contributed by atoms with Gasteiger partial charge in [-0.05, 0) is 60.9 Å². The fraction of sp³-hybridized carbons (Fsp3) is 0.436. The SMILES string of the molecule is COC(=O)C[C@H](NC(=O)CNC(=O)[C@H](CCCN=C(N)N)N(C(=O)OC(C)(C)C)[N+](=O)[O-])C(=O)N[C@@H](CO)C(=O)N[C@H]1[C@H](OCc2ccccc2)O[C@H](COCc2ccccc2)[C@@H](OCc2ccccc2)[C@@H]1OCc1ccccc1. The summed E-state index contributed by atoms with van der Waals surface area (Å²) in [6.07, 6.45) is -6.87. The third kappa shape index (κ3) is 21.0. The van der Waals surface area contributed by atoms with Gasteiger partial charge in [0.2, 0.25) is 23.6 Å². The molecule has 0 unspecified atom stereocenters. The number of hydrogen-bond acceptors (Lipinski definition) is 17. The zero-order valence-electron chi connectivity index (χ0n) is 45.0. The smallest absolute Gasteiger partial charge is 0.469 e. The number of rotatable bonds is 30. The number of hydrazine groups is 1. The highest BCUT2D eigenvalue weighted by molar-refractivity contribution is 5.95. The van der Waals surface area contributed by atoms with Crippen molar-refractivity contribution in [3.63, 3.8) is 0 Å². The lowest BCUT2D eigenvalue weighted by Crippen LogP contribution is -2.68. The molecular weight excluding hydrogens is 1040 g/mol. The first kappa shape index (κ1) is 62.8. The van der Waals surface area contributed by atoms with E-state index in [0.29, 0.717) is 0 Å². The topological polar surface area (TPSA) is 346 Å². The van der Waals surface area contributed by atoms with Gasteiger partial charge in [0, 0.05) is 6.54 Å². The number of aliphatic imine (C=N–C) groups is 1. The number of carbonyl (C=O) groups excluding carboxylic acids is 6. The van der Waals surface area contributed by atoms with Crippen LogP contribution in [-0.4, -0.2) is 145 Å². The number of aliphatic hydroxyl groups is 1. The van der Waals surface area contributed by atoms with Crippen molar-refractivity contribution >= 4 is 41.7 Å².